The highest BCUT2D eigenvalue weighted by Gasteiger charge is 2.20. The van der Waals surface area contributed by atoms with Crippen LogP contribution in [0.25, 0.3) is 0 Å². The smallest absolute Gasteiger partial charge is 0.194 e. The molecule has 1 aromatic rings. The summed E-state index contributed by atoms with van der Waals surface area (Å²) >= 11 is 1.84. The normalized spacial score (nSPS) is 22.1. The van der Waals surface area contributed by atoms with Gasteiger partial charge in [0.25, 0.3) is 0 Å². The van der Waals surface area contributed by atoms with Gasteiger partial charge in [-0.25, -0.2) is 0 Å². The van der Waals surface area contributed by atoms with E-state index in [0.29, 0.717) is 25.9 Å². The third kappa shape index (κ3) is 6.23. The van der Waals surface area contributed by atoms with Crippen LogP contribution in [0.1, 0.15) is 24.6 Å². The summed E-state index contributed by atoms with van der Waals surface area (Å²) < 4.78 is 11.3. The number of thiophene rings is 1. The van der Waals surface area contributed by atoms with Crippen molar-refractivity contribution in [2.75, 3.05) is 59.1 Å². The molecule has 0 amide bonds. The van der Waals surface area contributed by atoms with E-state index < -0.39 is 0 Å². The van der Waals surface area contributed by atoms with Crippen molar-refractivity contribution in [3.05, 3.63) is 22.4 Å². The zero-order valence-electron chi connectivity index (χ0n) is 15.9. The molecule has 26 heavy (non-hydrogen) atoms. The summed E-state index contributed by atoms with van der Waals surface area (Å²) in [5, 5.41) is 5.58. The van der Waals surface area contributed by atoms with Crippen LogP contribution in [-0.2, 0) is 16.0 Å². The minimum atomic E-state index is 0.295. The van der Waals surface area contributed by atoms with Crippen LogP contribution < -0.4 is 5.32 Å². The Morgan fingerprint density at radius 2 is 2.27 bits per heavy atom. The average molecular weight is 381 g/mol. The minimum Gasteiger partial charge on any atom is -0.377 e. The monoisotopic (exact) mass is 380 g/mol. The Balaban J connectivity index is 1.37. The van der Waals surface area contributed by atoms with E-state index in [1.165, 1.54) is 4.88 Å². The summed E-state index contributed by atoms with van der Waals surface area (Å²) in [4.78, 5) is 11.1. The summed E-state index contributed by atoms with van der Waals surface area (Å²) in [7, 11) is 0. The van der Waals surface area contributed by atoms with Crippen molar-refractivity contribution in [2.24, 2.45) is 4.99 Å². The van der Waals surface area contributed by atoms with Gasteiger partial charge in [-0.15, -0.1) is 11.3 Å². The van der Waals surface area contributed by atoms with Crippen LogP contribution >= 0.6 is 11.3 Å². The van der Waals surface area contributed by atoms with Gasteiger partial charge in [-0.05, 0) is 31.2 Å². The van der Waals surface area contributed by atoms with E-state index in [4.69, 9.17) is 14.5 Å². The number of aliphatic imine (C=N–C) groups is 1. The fraction of sp³-hybridized carbons (Fsp3) is 0.737. The molecule has 0 saturated carbocycles. The van der Waals surface area contributed by atoms with Crippen molar-refractivity contribution in [1.82, 2.24) is 15.1 Å². The third-order valence-electron chi connectivity index (χ3n) is 4.79. The number of guanidine groups is 1. The second-order valence-corrected chi connectivity index (χ2v) is 7.82. The summed E-state index contributed by atoms with van der Waals surface area (Å²) in [6.45, 7) is 11.2. The maximum absolute atomic E-state index is 5.72. The molecular formula is C19H32N4O2S. The maximum atomic E-state index is 5.72. The van der Waals surface area contributed by atoms with Gasteiger partial charge in [0.05, 0.1) is 25.9 Å². The Morgan fingerprint density at radius 3 is 2.96 bits per heavy atom. The van der Waals surface area contributed by atoms with Crippen molar-refractivity contribution in [1.29, 1.82) is 0 Å². The first-order chi connectivity index (χ1) is 12.8. The SMILES string of the molecule is CCNC(=NCCOCC1CCCO1)N1CCN(Cc2cccs2)CC1. The first kappa shape index (κ1) is 19.6. The van der Waals surface area contributed by atoms with Crippen molar-refractivity contribution in [2.45, 2.75) is 32.4 Å². The van der Waals surface area contributed by atoms with Crippen molar-refractivity contribution in [3.8, 4) is 0 Å². The Bertz CT molecular complexity index is 524. The topological polar surface area (TPSA) is 49.3 Å². The Kier molecular flexibility index (Phi) is 8.20. The number of hydrogen-bond donors (Lipinski definition) is 1. The molecule has 3 heterocycles. The fourth-order valence-electron chi connectivity index (χ4n) is 3.37. The average Bonchev–Trinajstić information content (AvgIpc) is 3.35. The minimum absolute atomic E-state index is 0.295. The molecule has 2 aliphatic rings. The molecule has 0 aliphatic carbocycles. The van der Waals surface area contributed by atoms with Crippen molar-refractivity contribution >= 4 is 17.3 Å². The van der Waals surface area contributed by atoms with Gasteiger partial charge >= 0.3 is 0 Å². The van der Waals surface area contributed by atoms with E-state index in [2.05, 4.69) is 39.6 Å². The van der Waals surface area contributed by atoms with Crippen LogP contribution in [0.2, 0.25) is 0 Å². The van der Waals surface area contributed by atoms with Gasteiger partial charge < -0.3 is 19.7 Å². The van der Waals surface area contributed by atoms with Crippen LogP contribution in [-0.4, -0.2) is 81.0 Å². The number of rotatable bonds is 8. The lowest BCUT2D eigenvalue weighted by molar-refractivity contribution is 0.0199. The lowest BCUT2D eigenvalue weighted by atomic mass is 10.2. The predicted molar refractivity (Wildman–Crippen MR) is 107 cm³/mol. The quantitative estimate of drug-likeness (QED) is 0.425. The van der Waals surface area contributed by atoms with E-state index in [-0.39, 0.29) is 0 Å². The molecule has 1 N–H and O–H groups in total. The molecule has 146 valence electrons. The van der Waals surface area contributed by atoms with Crippen molar-refractivity contribution in [3.63, 3.8) is 0 Å². The summed E-state index contributed by atoms with van der Waals surface area (Å²) in [5.41, 5.74) is 0. The van der Waals surface area contributed by atoms with Crippen LogP contribution in [0.5, 0.6) is 0 Å². The largest absolute Gasteiger partial charge is 0.377 e. The molecule has 0 radical (unpaired) electrons. The van der Waals surface area contributed by atoms with Crippen molar-refractivity contribution < 1.29 is 9.47 Å². The molecule has 1 aromatic heterocycles. The molecule has 1 unspecified atom stereocenters. The predicted octanol–water partition coefficient (Wildman–Crippen LogP) is 2.03. The first-order valence-electron chi connectivity index (χ1n) is 9.82. The number of nitrogens with zero attached hydrogens (tertiary/aromatic N) is 3. The standard InChI is InChI=1S/C19H32N4O2S/c1-2-20-19(21-7-13-24-16-17-5-3-12-25-17)23-10-8-22(9-11-23)15-18-6-4-14-26-18/h4,6,14,17H,2-3,5,7-13,15-16H2,1H3,(H,20,21). The lowest BCUT2D eigenvalue weighted by Crippen LogP contribution is -2.52. The maximum Gasteiger partial charge on any atom is 0.194 e. The van der Waals surface area contributed by atoms with E-state index in [1.807, 2.05) is 11.3 Å². The third-order valence-corrected chi connectivity index (χ3v) is 5.65. The number of ether oxygens (including phenoxy) is 2. The van der Waals surface area contributed by atoms with E-state index >= 15 is 0 Å². The van der Waals surface area contributed by atoms with Gasteiger partial charge in [0, 0.05) is 50.8 Å². The van der Waals surface area contributed by atoms with Crippen LogP contribution in [0.4, 0.5) is 0 Å². The Morgan fingerprint density at radius 1 is 1.38 bits per heavy atom. The number of nitrogens with one attached hydrogen (secondary N) is 1. The van der Waals surface area contributed by atoms with Gasteiger partial charge in [0.1, 0.15) is 0 Å². The molecule has 3 rings (SSSR count). The molecule has 2 saturated heterocycles. The van der Waals surface area contributed by atoms with Gasteiger partial charge in [0.2, 0.25) is 0 Å². The zero-order valence-corrected chi connectivity index (χ0v) is 16.7. The Hall–Kier alpha value is -1.15. The van der Waals surface area contributed by atoms with Crippen LogP contribution in [0.3, 0.4) is 0 Å². The fourth-order valence-corrected chi connectivity index (χ4v) is 4.12. The van der Waals surface area contributed by atoms with E-state index in [9.17, 15) is 0 Å². The molecule has 0 spiro atoms. The highest BCUT2D eigenvalue weighted by molar-refractivity contribution is 7.09. The second-order valence-electron chi connectivity index (χ2n) is 6.79. The number of piperazine rings is 1. The van der Waals surface area contributed by atoms with Crippen LogP contribution in [0, 0.1) is 0 Å². The summed E-state index contributed by atoms with van der Waals surface area (Å²) in [6.07, 6.45) is 2.58. The molecule has 0 aromatic carbocycles. The summed E-state index contributed by atoms with van der Waals surface area (Å²) in [5.74, 6) is 1.02. The molecule has 6 nitrogen and oxygen atoms in total. The number of hydrogen-bond acceptors (Lipinski definition) is 5. The lowest BCUT2D eigenvalue weighted by Gasteiger charge is -2.36. The first-order valence-corrected chi connectivity index (χ1v) is 10.7. The molecule has 7 heteroatoms. The van der Waals surface area contributed by atoms with E-state index in [1.54, 1.807) is 0 Å². The highest BCUT2D eigenvalue weighted by Crippen LogP contribution is 2.14. The Labute approximate surface area is 161 Å². The van der Waals surface area contributed by atoms with Crippen LogP contribution in [0.15, 0.2) is 22.5 Å². The summed E-state index contributed by atoms with van der Waals surface area (Å²) in [6, 6.07) is 4.35. The highest BCUT2D eigenvalue weighted by atomic mass is 32.1. The van der Waals surface area contributed by atoms with Gasteiger partial charge in [-0.2, -0.15) is 0 Å². The molecule has 0 bridgehead atoms. The molecule has 2 fully saturated rings. The molecule has 1 atom stereocenters. The second kappa shape index (κ2) is 10.9. The zero-order chi connectivity index (χ0) is 18.0. The van der Waals surface area contributed by atoms with Gasteiger partial charge in [0.15, 0.2) is 5.96 Å². The molecular weight excluding hydrogens is 348 g/mol. The van der Waals surface area contributed by atoms with Gasteiger partial charge in [-0.3, -0.25) is 9.89 Å². The van der Waals surface area contributed by atoms with Gasteiger partial charge in [-0.1, -0.05) is 6.07 Å². The van der Waals surface area contributed by atoms with E-state index in [0.717, 1.165) is 64.7 Å². The molecule has 2 aliphatic heterocycles.